The summed E-state index contributed by atoms with van der Waals surface area (Å²) in [6.45, 7) is 4.00. The SMILES string of the molecule is [B]C1C(C)C(CO)OC(OC)C1C. The summed E-state index contributed by atoms with van der Waals surface area (Å²) < 4.78 is 10.7. The molecule has 1 N–H and O–H groups in total. The van der Waals surface area contributed by atoms with E-state index in [1.807, 2.05) is 13.8 Å². The molecule has 5 unspecified atom stereocenters. The fourth-order valence-corrected chi connectivity index (χ4v) is 1.81. The average molecular weight is 184 g/mol. The van der Waals surface area contributed by atoms with Gasteiger partial charge in [-0.1, -0.05) is 19.7 Å². The van der Waals surface area contributed by atoms with Crippen LogP contribution in [0.3, 0.4) is 0 Å². The van der Waals surface area contributed by atoms with Crippen LogP contribution in [0.1, 0.15) is 13.8 Å². The molecule has 0 aromatic rings. The van der Waals surface area contributed by atoms with Gasteiger partial charge in [-0.05, 0) is 5.92 Å². The smallest absolute Gasteiger partial charge is 0.159 e. The summed E-state index contributed by atoms with van der Waals surface area (Å²) in [5, 5.41) is 9.04. The molecule has 74 valence electrons. The first kappa shape index (κ1) is 11.0. The van der Waals surface area contributed by atoms with Gasteiger partial charge in [-0.25, -0.2) is 0 Å². The summed E-state index contributed by atoms with van der Waals surface area (Å²) in [6, 6.07) is 0. The Balaban J connectivity index is 2.66. The van der Waals surface area contributed by atoms with Crippen molar-refractivity contribution in [3.8, 4) is 0 Å². The predicted molar refractivity (Wildman–Crippen MR) is 50.6 cm³/mol. The largest absolute Gasteiger partial charge is 0.394 e. The van der Waals surface area contributed by atoms with Crippen molar-refractivity contribution in [3.63, 3.8) is 0 Å². The molecule has 13 heavy (non-hydrogen) atoms. The molecule has 3 nitrogen and oxygen atoms in total. The van der Waals surface area contributed by atoms with Crippen molar-refractivity contribution in [1.29, 1.82) is 0 Å². The number of methoxy groups -OCH3 is 1. The quantitative estimate of drug-likeness (QED) is 0.638. The van der Waals surface area contributed by atoms with E-state index in [0.717, 1.165) is 0 Å². The minimum absolute atomic E-state index is 0.00144. The van der Waals surface area contributed by atoms with E-state index in [9.17, 15) is 0 Å². The van der Waals surface area contributed by atoms with Crippen molar-refractivity contribution in [2.24, 2.45) is 11.8 Å². The Labute approximate surface area is 80.8 Å². The lowest BCUT2D eigenvalue weighted by molar-refractivity contribution is -0.227. The molecular weight excluding hydrogens is 167 g/mol. The molecular formula is C9H17BO3. The van der Waals surface area contributed by atoms with Crippen LogP contribution >= 0.6 is 0 Å². The maximum Gasteiger partial charge on any atom is 0.159 e. The molecule has 1 aliphatic heterocycles. The molecule has 2 radical (unpaired) electrons. The van der Waals surface area contributed by atoms with Gasteiger partial charge in [-0.15, -0.1) is 0 Å². The Morgan fingerprint density at radius 1 is 1.38 bits per heavy atom. The third-order valence-corrected chi connectivity index (χ3v) is 2.95. The Hall–Kier alpha value is -0.0551. The molecule has 0 bridgehead atoms. The van der Waals surface area contributed by atoms with Crippen molar-refractivity contribution in [1.82, 2.24) is 0 Å². The molecule has 0 aliphatic carbocycles. The Morgan fingerprint density at radius 3 is 2.46 bits per heavy atom. The topological polar surface area (TPSA) is 38.7 Å². The van der Waals surface area contributed by atoms with Crippen LogP contribution in [0.2, 0.25) is 5.82 Å². The van der Waals surface area contributed by atoms with Gasteiger partial charge in [0, 0.05) is 13.0 Å². The van der Waals surface area contributed by atoms with Gasteiger partial charge in [-0.3, -0.25) is 0 Å². The summed E-state index contributed by atoms with van der Waals surface area (Å²) >= 11 is 0. The fraction of sp³-hybridized carbons (Fsp3) is 1.00. The molecule has 0 aromatic heterocycles. The molecule has 1 fully saturated rings. The first-order valence-electron chi connectivity index (χ1n) is 4.66. The van der Waals surface area contributed by atoms with Crippen LogP contribution < -0.4 is 0 Å². The van der Waals surface area contributed by atoms with Crippen molar-refractivity contribution in [3.05, 3.63) is 0 Å². The van der Waals surface area contributed by atoms with Crippen LogP contribution in [-0.2, 0) is 9.47 Å². The minimum Gasteiger partial charge on any atom is -0.394 e. The highest BCUT2D eigenvalue weighted by molar-refractivity contribution is 6.12. The Morgan fingerprint density at radius 2 is 2.00 bits per heavy atom. The van der Waals surface area contributed by atoms with Gasteiger partial charge >= 0.3 is 0 Å². The Bertz CT molecular complexity index is 145. The lowest BCUT2D eigenvalue weighted by Crippen LogP contribution is -2.45. The summed E-state index contributed by atoms with van der Waals surface area (Å²) in [4.78, 5) is 0. The van der Waals surface area contributed by atoms with Crippen LogP contribution in [0.4, 0.5) is 0 Å². The van der Waals surface area contributed by atoms with Crippen LogP contribution in [0, 0.1) is 11.8 Å². The van der Waals surface area contributed by atoms with E-state index in [0.29, 0.717) is 0 Å². The zero-order valence-electron chi connectivity index (χ0n) is 8.43. The predicted octanol–water partition coefficient (Wildman–Crippen LogP) is 0.579. The van der Waals surface area contributed by atoms with Gasteiger partial charge in [0.05, 0.1) is 20.6 Å². The Kier molecular flexibility index (Phi) is 3.77. The van der Waals surface area contributed by atoms with Gasteiger partial charge in [0.25, 0.3) is 0 Å². The first-order valence-corrected chi connectivity index (χ1v) is 4.66. The molecule has 1 heterocycles. The molecule has 1 rings (SSSR count). The number of aliphatic hydroxyl groups excluding tert-OH is 1. The third kappa shape index (κ3) is 2.06. The zero-order chi connectivity index (χ0) is 10.0. The molecule has 1 aliphatic rings. The van der Waals surface area contributed by atoms with Crippen LogP contribution in [0.15, 0.2) is 0 Å². The second kappa shape index (κ2) is 4.44. The number of ether oxygens (including phenoxy) is 2. The number of aliphatic hydroxyl groups is 1. The molecule has 0 amide bonds. The van der Waals surface area contributed by atoms with E-state index in [4.69, 9.17) is 22.4 Å². The summed E-state index contributed by atoms with van der Waals surface area (Å²) in [5.41, 5.74) is 0. The van der Waals surface area contributed by atoms with Crippen molar-refractivity contribution in [2.75, 3.05) is 13.7 Å². The normalized spacial score (nSPS) is 46.3. The van der Waals surface area contributed by atoms with E-state index < -0.39 is 0 Å². The second-order valence-electron chi connectivity index (χ2n) is 3.76. The van der Waals surface area contributed by atoms with Gasteiger partial charge in [0.2, 0.25) is 0 Å². The van der Waals surface area contributed by atoms with Gasteiger partial charge in [0.1, 0.15) is 0 Å². The minimum atomic E-state index is -0.289. The van der Waals surface area contributed by atoms with E-state index in [1.54, 1.807) is 7.11 Å². The second-order valence-corrected chi connectivity index (χ2v) is 3.76. The highest BCUT2D eigenvalue weighted by Gasteiger charge is 2.38. The van der Waals surface area contributed by atoms with Gasteiger partial charge in [-0.2, -0.15) is 0 Å². The van der Waals surface area contributed by atoms with E-state index in [1.165, 1.54) is 0 Å². The third-order valence-electron chi connectivity index (χ3n) is 2.95. The van der Waals surface area contributed by atoms with Crippen molar-refractivity contribution in [2.45, 2.75) is 32.1 Å². The number of rotatable bonds is 2. The standard InChI is InChI=1S/C9H17BO3/c1-5-7(4-11)13-9(12-3)6(2)8(5)10/h5-9,11H,4H2,1-3H3. The monoisotopic (exact) mass is 184 g/mol. The van der Waals surface area contributed by atoms with Crippen molar-refractivity contribution < 1.29 is 14.6 Å². The lowest BCUT2D eigenvalue weighted by atomic mass is 9.66. The molecule has 4 heteroatoms. The zero-order valence-corrected chi connectivity index (χ0v) is 8.43. The number of hydrogen-bond acceptors (Lipinski definition) is 3. The molecule has 1 saturated heterocycles. The summed E-state index contributed by atoms with van der Waals surface area (Å²) in [7, 11) is 7.58. The van der Waals surface area contributed by atoms with Gasteiger partial charge < -0.3 is 14.6 Å². The highest BCUT2D eigenvalue weighted by atomic mass is 16.7. The lowest BCUT2D eigenvalue weighted by Gasteiger charge is -2.42. The van der Waals surface area contributed by atoms with Crippen LogP contribution in [0.5, 0.6) is 0 Å². The maximum atomic E-state index is 9.04. The van der Waals surface area contributed by atoms with Crippen LogP contribution in [-0.4, -0.2) is 39.1 Å². The fourth-order valence-electron chi connectivity index (χ4n) is 1.81. The molecule has 0 spiro atoms. The van der Waals surface area contributed by atoms with Crippen LogP contribution in [0.25, 0.3) is 0 Å². The molecule has 5 atom stereocenters. The van der Waals surface area contributed by atoms with E-state index in [2.05, 4.69) is 0 Å². The first-order chi connectivity index (χ1) is 6.11. The van der Waals surface area contributed by atoms with E-state index >= 15 is 0 Å². The summed E-state index contributed by atoms with van der Waals surface area (Å²) in [6.07, 6.45) is -0.487. The number of hydrogen-bond donors (Lipinski definition) is 1. The highest BCUT2D eigenvalue weighted by Crippen LogP contribution is 2.37. The average Bonchev–Trinajstić information content (AvgIpc) is 2.15. The molecule has 0 saturated carbocycles. The van der Waals surface area contributed by atoms with Crippen molar-refractivity contribution >= 4 is 7.85 Å². The van der Waals surface area contributed by atoms with E-state index in [-0.39, 0.29) is 36.7 Å². The molecule has 0 aromatic carbocycles. The maximum absolute atomic E-state index is 9.04. The van der Waals surface area contributed by atoms with Gasteiger partial charge in [0.15, 0.2) is 6.29 Å². The summed E-state index contributed by atoms with van der Waals surface area (Å²) in [5.74, 6) is 0.366.